The Morgan fingerprint density at radius 1 is 1.14 bits per heavy atom. The number of aryl methyl sites for hydroxylation is 1. The molecular formula is C21H18ClN3O3. The van der Waals surface area contributed by atoms with Gasteiger partial charge in [0.15, 0.2) is 6.61 Å². The molecule has 1 heterocycles. The van der Waals surface area contributed by atoms with Crippen LogP contribution < -0.4 is 5.32 Å². The van der Waals surface area contributed by atoms with Crippen LogP contribution >= 0.6 is 11.6 Å². The molecule has 0 saturated carbocycles. The van der Waals surface area contributed by atoms with Gasteiger partial charge >= 0.3 is 5.97 Å². The maximum atomic E-state index is 12.2. The Hall–Kier alpha value is -3.38. The molecule has 0 unspecified atom stereocenters. The van der Waals surface area contributed by atoms with E-state index >= 15 is 0 Å². The van der Waals surface area contributed by atoms with Crippen molar-refractivity contribution in [2.45, 2.75) is 6.92 Å². The largest absolute Gasteiger partial charge is 0.452 e. The molecule has 6 nitrogen and oxygen atoms in total. The number of esters is 1. The number of nitrogens with zero attached hydrogens (tertiary/aromatic N) is 2. The molecule has 2 aromatic carbocycles. The Morgan fingerprint density at radius 3 is 2.57 bits per heavy atom. The molecule has 1 aromatic heterocycles. The lowest BCUT2D eigenvalue weighted by Crippen LogP contribution is -2.21. The summed E-state index contributed by atoms with van der Waals surface area (Å²) < 4.78 is 6.60. The number of anilines is 1. The van der Waals surface area contributed by atoms with Crippen molar-refractivity contribution in [3.05, 3.63) is 83.0 Å². The lowest BCUT2D eigenvalue weighted by molar-refractivity contribution is -0.142. The van der Waals surface area contributed by atoms with Crippen molar-refractivity contribution in [2.75, 3.05) is 11.9 Å². The van der Waals surface area contributed by atoms with Gasteiger partial charge in [0.2, 0.25) is 0 Å². The molecule has 142 valence electrons. The zero-order valence-electron chi connectivity index (χ0n) is 15.1. The second-order valence-corrected chi connectivity index (χ2v) is 6.40. The third kappa shape index (κ3) is 5.31. The number of nitrogens with one attached hydrogen (secondary N) is 1. The first-order chi connectivity index (χ1) is 13.5. The van der Waals surface area contributed by atoms with Gasteiger partial charge in [0.25, 0.3) is 5.91 Å². The minimum absolute atomic E-state index is 0.400. The first-order valence-electron chi connectivity index (χ1n) is 8.53. The molecule has 0 aliphatic carbocycles. The molecule has 1 N–H and O–H groups in total. The van der Waals surface area contributed by atoms with Gasteiger partial charge in [0, 0.05) is 17.2 Å². The van der Waals surface area contributed by atoms with Gasteiger partial charge in [-0.3, -0.25) is 4.79 Å². The number of ether oxygens (including phenoxy) is 1. The lowest BCUT2D eigenvalue weighted by atomic mass is 10.2. The summed E-state index contributed by atoms with van der Waals surface area (Å²) in [7, 11) is 0. The number of rotatable bonds is 6. The van der Waals surface area contributed by atoms with Crippen molar-refractivity contribution in [1.29, 1.82) is 0 Å². The van der Waals surface area contributed by atoms with Crippen LogP contribution in [-0.2, 0) is 14.3 Å². The molecule has 0 atom stereocenters. The lowest BCUT2D eigenvalue weighted by Gasteiger charge is -2.08. The second kappa shape index (κ2) is 9.01. The fourth-order valence-corrected chi connectivity index (χ4v) is 2.58. The molecule has 0 fully saturated rings. The monoisotopic (exact) mass is 395 g/mol. The van der Waals surface area contributed by atoms with Gasteiger partial charge < -0.3 is 10.1 Å². The van der Waals surface area contributed by atoms with Crippen molar-refractivity contribution in [3.63, 3.8) is 0 Å². The summed E-state index contributed by atoms with van der Waals surface area (Å²) in [6, 6.07) is 18.1. The van der Waals surface area contributed by atoms with Gasteiger partial charge in [-0.25, -0.2) is 9.48 Å². The molecule has 0 bridgehead atoms. The van der Waals surface area contributed by atoms with Crippen molar-refractivity contribution in [2.24, 2.45) is 0 Å². The molecule has 0 aliphatic heterocycles. The molecule has 7 heteroatoms. The number of hydrogen-bond donors (Lipinski definition) is 1. The van der Waals surface area contributed by atoms with Gasteiger partial charge in [0.1, 0.15) is 5.82 Å². The van der Waals surface area contributed by atoms with Crippen molar-refractivity contribution in [1.82, 2.24) is 9.78 Å². The smallest absolute Gasteiger partial charge is 0.331 e. The molecule has 0 spiro atoms. The molecule has 3 rings (SSSR count). The van der Waals surface area contributed by atoms with Crippen LogP contribution in [0.5, 0.6) is 0 Å². The number of amides is 1. The maximum Gasteiger partial charge on any atom is 0.331 e. The summed E-state index contributed by atoms with van der Waals surface area (Å²) in [5.74, 6) is -0.565. The van der Waals surface area contributed by atoms with Crippen molar-refractivity contribution < 1.29 is 14.3 Å². The Labute approximate surface area is 167 Å². The highest BCUT2D eigenvalue weighted by Crippen LogP contribution is 2.16. The molecule has 3 aromatic rings. The number of benzene rings is 2. The number of carbonyl (C=O) groups excluding carboxylic acids is 2. The summed E-state index contributed by atoms with van der Waals surface area (Å²) in [5.41, 5.74) is 2.36. The summed E-state index contributed by atoms with van der Waals surface area (Å²) in [6.45, 7) is 1.43. The molecule has 0 radical (unpaired) electrons. The van der Waals surface area contributed by atoms with Crippen LogP contribution in [0, 0.1) is 6.92 Å². The predicted molar refractivity (Wildman–Crippen MR) is 108 cm³/mol. The minimum atomic E-state index is -0.613. The third-order valence-corrected chi connectivity index (χ3v) is 3.98. The van der Waals surface area contributed by atoms with Crippen LogP contribution in [0.1, 0.15) is 11.3 Å². The number of hydrogen-bond acceptors (Lipinski definition) is 4. The molecular weight excluding hydrogens is 378 g/mol. The quantitative estimate of drug-likeness (QED) is 0.505. The molecule has 28 heavy (non-hydrogen) atoms. The Balaban J connectivity index is 1.56. The van der Waals surface area contributed by atoms with E-state index in [9.17, 15) is 9.59 Å². The van der Waals surface area contributed by atoms with E-state index in [4.69, 9.17) is 16.3 Å². The van der Waals surface area contributed by atoms with E-state index in [1.807, 2.05) is 37.3 Å². The van der Waals surface area contributed by atoms with Gasteiger partial charge in [-0.1, -0.05) is 41.9 Å². The Bertz CT molecular complexity index is 995. The van der Waals surface area contributed by atoms with Crippen molar-refractivity contribution >= 4 is 35.4 Å². The maximum absolute atomic E-state index is 12.2. The van der Waals surface area contributed by atoms with Gasteiger partial charge in [-0.15, -0.1) is 0 Å². The van der Waals surface area contributed by atoms with E-state index in [-0.39, 0.29) is 0 Å². The van der Waals surface area contributed by atoms with E-state index < -0.39 is 18.5 Å². The number of para-hydroxylation sites is 1. The van der Waals surface area contributed by atoms with E-state index in [1.165, 1.54) is 6.08 Å². The SMILES string of the molecule is Cc1cc(NC(=O)COC(=O)C=Cc2ccc(Cl)cc2)n(-c2ccccc2)n1. The average Bonchev–Trinajstić information content (AvgIpc) is 3.06. The zero-order chi connectivity index (χ0) is 19.9. The summed E-state index contributed by atoms with van der Waals surface area (Å²) in [5, 5.41) is 7.70. The molecule has 1 amide bonds. The summed E-state index contributed by atoms with van der Waals surface area (Å²) in [6.07, 6.45) is 2.85. The van der Waals surface area contributed by atoms with Gasteiger partial charge in [-0.05, 0) is 42.8 Å². The molecule has 0 saturated heterocycles. The van der Waals surface area contributed by atoms with Gasteiger partial charge in [-0.2, -0.15) is 5.10 Å². The standard InChI is InChI=1S/C21H18ClN3O3/c1-15-13-19(25(24-15)18-5-3-2-4-6-18)23-20(26)14-28-21(27)12-9-16-7-10-17(22)11-8-16/h2-13H,14H2,1H3,(H,23,26). The van der Waals surface area contributed by atoms with Crippen LogP contribution in [0.15, 0.2) is 66.7 Å². The van der Waals surface area contributed by atoms with Crippen molar-refractivity contribution in [3.8, 4) is 5.69 Å². The van der Waals surface area contributed by atoms with E-state index in [0.29, 0.717) is 10.8 Å². The second-order valence-electron chi connectivity index (χ2n) is 5.96. The highest BCUT2D eigenvalue weighted by Gasteiger charge is 2.12. The van der Waals surface area contributed by atoms with E-state index in [1.54, 1.807) is 41.1 Å². The highest BCUT2D eigenvalue weighted by atomic mass is 35.5. The van der Waals surface area contributed by atoms with E-state index in [0.717, 1.165) is 16.9 Å². The first-order valence-corrected chi connectivity index (χ1v) is 8.91. The fourth-order valence-electron chi connectivity index (χ4n) is 2.46. The first kappa shape index (κ1) is 19.4. The normalized spacial score (nSPS) is 10.8. The van der Waals surface area contributed by atoms with Crippen LogP contribution in [0.25, 0.3) is 11.8 Å². The predicted octanol–water partition coefficient (Wildman–Crippen LogP) is 4.03. The van der Waals surface area contributed by atoms with Crippen LogP contribution in [0.2, 0.25) is 5.02 Å². The molecule has 0 aliphatic rings. The van der Waals surface area contributed by atoms with Crippen LogP contribution in [0.3, 0.4) is 0 Å². The van der Waals surface area contributed by atoms with E-state index in [2.05, 4.69) is 10.4 Å². The minimum Gasteiger partial charge on any atom is -0.452 e. The Morgan fingerprint density at radius 2 is 1.86 bits per heavy atom. The summed E-state index contributed by atoms with van der Waals surface area (Å²) in [4.78, 5) is 24.0. The summed E-state index contributed by atoms with van der Waals surface area (Å²) >= 11 is 5.81. The topological polar surface area (TPSA) is 73.2 Å². The number of aromatic nitrogens is 2. The fraction of sp³-hybridized carbons (Fsp3) is 0.0952. The average molecular weight is 396 g/mol. The van der Waals surface area contributed by atoms with Crippen LogP contribution in [-0.4, -0.2) is 28.3 Å². The van der Waals surface area contributed by atoms with Crippen LogP contribution in [0.4, 0.5) is 5.82 Å². The Kier molecular flexibility index (Phi) is 6.24. The van der Waals surface area contributed by atoms with Gasteiger partial charge in [0.05, 0.1) is 11.4 Å². The number of halogens is 1. The zero-order valence-corrected chi connectivity index (χ0v) is 15.9. The highest BCUT2D eigenvalue weighted by molar-refractivity contribution is 6.30. The third-order valence-electron chi connectivity index (χ3n) is 3.73. The number of carbonyl (C=O) groups is 2.